The smallest absolute Gasteiger partial charge is 0.166 e. The van der Waals surface area contributed by atoms with Gasteiger partial charge in [-0.1, -0.05) is 6.07 Å². The quantitative estimate of drug-likeness (QED) is 0.903. The molecule has 0 bridgehead atoms. The molecule has 100 valence electrons. The minimum Gasteiger partial charge on any atom is -0.454 e. The molecular formula is C15H14F2O2. The van der Waals surface area contributed by atoms with Gasteiger partial charge in [0, 0.05) is 0 Å². The van der Waals surface area contributed by atoms with Crippen LogP contribution in [0.25, 0.3) is 0 Å². The van der Waals surface area contributed by atoms with E-state index < -0.39 is 11.9 Å². The molecule has 0 aliphatic carbocycles. The van der Waals surface area contributed by atoms with Gasteiger partial charge in [0.15, 0.2) is 11.6 Å². The maximum Gasteiger partial charge on any atom is 0.166 e. The van der Waals surface area contributed by atoms with Crippen LogP contribution in [0.3, 0.4) is 0 Å². The summed E-state index contributed by atoms with van der Waals surface area (Å²) in [5, 5.41) is 9.35. The highest BCUT2D eigenvalue weighted by Crippen LogP contribution is 2.29. The molecule has 0 spiro atoms. The summed E-state index contributed by atoms with van der Waals surface area (Å²) in [6, 6.07) is 8.27. The zero-order valence-electron chi connectivity index (χ0n) is 10.7. The van der Waals surface area contributed by atoms with Crippen LogP contribution in [0.4, 0.5) is 8.78 Å². The number of ether oxygens (including phenoxy) is 1. The highest BCUT2D eigenvalue weighted by molar-refractivity contribution is 5.39. The Bertz CT molecular complexity index is 595. The Labute approximate surface area is 110 Å². The monoisotopic (exact) mass is 264 g/mol. The molecule has 0 amide bonds. The minimum absolute atomic E-state index is 0.0408. The third-order valence-electron chi connectivity index (χ3n) is 2.80. The molecule has 0 fully saturated rings. The van der Waals surface area contributed by atoms with E-state index in [4.69, 9.17) is 4.74 Å². The fraction of sp³-hybridized carbons (Fsp3) is 0.200. The normalized spacial score (nSPS) is 12.3. The molecule has 0 unspecified atom stereocenters. The van der Waals surface area contributed by atoms with Crippen LogP contribution in [0.1, 0.15) is 24.2 Å². The van der Waals surface area contributed by atoms with Gasteiger partial charge in [-0.25, -0.2) is 8.78 Å². The van der Waals surface area contributed by atoms with Gasteiger partial charge in [-0.05, 0) is 55.3 Å². The van der Waals surface area contributed by atoms with Crippen LogP contribution in [0, 0.1) is 18.6 Å². The standard InChI is InChI=1S/C15H14F2O2/c1-9-7-12(16)4-6-14(9)19-15-5-3-11(10(2)18)8-13(15)17/h3-8,10,18H,1-2H3/t10-/m1/s1. The van der Waals surface area contributed by atoms with Gasteiger partial charge >= 0.3 is 0 Å². The summed E-state index contributed by atoms with van der Waals surface area (Å²) in [6.45, 7) is 3.24. The Morgan fingerprint density at radius 3 is 2.32 bits per heavy atom. The highest BCUT2D eigenvalue weighted by atomic mass is 19.1. The van der Waals surface area contributed by atoms with E-state index >= 15 is 0 Å². The SMILES string of the molecule is Cc1cc(F)ccc1Oc1ccc([C@@H](C)O)cc1F. The average Bonchev–Trinajstić information content (AvgIpc) is 2.34. The number of aliphatic hydroxyl groups is 1. The molecule has 0 saturated heterocycles. The lowest BCUT2D eigenvalue weighted by Crippen LogP contribution is -1.95. The van der Waals surface area contributed by atoms with E-state index in [1.165, 1.54) is 30.3 Å². The van der Waals surface area contributed by atoms with Gasteiger partial charge in [0.25, 0.3) is 0 Å². The Balaban J connectivity index is 2.28. The van der Waals surface area contributed by atoms with Crippen LogP contribution < -0.4 is 4.74 Å². The first-order valence-corrected chi connectivity index (χ1v) is 5.89. The number of hydrogen-bond acceptors (Lipinski definition) is 2. The third kappa shape index (κ3) is 3.09. The van der Waals surface area contributed by atoms with Crippen molar-refractivity contribution in [2.24, 2.45) is 0 Å². The van der Waals surface area contributed by atoms with Crippen molar-refractivity contribution in [2.45, 2.75) is 20.0 Å². The summed E-state index contributed by atoms with van der Waals surface area (Å²) in [7, 11) is 0. The van der Waals surface area contributed by atoms with Crippen LogP contribution >= 0.6 is 0 Å². The summed E-state index contributed by atoms with van der Waals surface area (Å²) in [4.78, 5) is 0. The van der Waals surface area contributed by atoms with E-state index in [0.717, 1.165) is 0 Å². The van der Waals surface area contributed by atoms with Crippen molar-refractivity contribution in [1.82, 2.24) is 0 Å². The minimum atomic E-state index is -0.740. The van der Waals surface area contributed by atoms with Crippen molar-refractivity contribution in [3.05, 3.63) is 59.2 Å². The van der Waals surface area contributed by atoms with Crippen molar-refractivity contribution < 1.29 is 18.6 Å². The number of rotatable bonds is 3. The highest BCUT2D eigenvalue weighted by Gasteiger charge is 2.10. The van der Waals surface area contributed by atoms with E-state index in [2.05, 4.69) is 0 Å². The number of aliphatic hydroxyl groups excluding tert-OH is 1. The summed E-state index contributed by atoms with van der Waals surface area (Å²) < 4.78 is 32.2. The molecule has 2 rings (SSSR count). The molecule has 4 heteroatoms. The van der Waals surface area contributed by atoms with Crippen LogP contribution in [-0.2, 0) is 0 Å². The van der Waals surface area contributed by atoms with Gasteiger partial charge in [0.05, 0.1) is 6.10 Å². The molecule has 0 saturated carbocycles. The van der Waals surface area contributed by atoms with Crippen LogP contribution in [-0.4, -0.2) is 5.11 Å². The Hall–Kier alpha value is -1.94. The molecule has 1 N–H and O–H groups in total. The first-order valence-electron chi connectivity index (χ1n) is 5.89. The fourth-order valence-corrected chi connectivity index (χ4v) is 1.71. The maximum atomic E-state index is 13.8. The molecule has 2 nitrogen and oxygen atoms in total. The topological polar surface area (TPSA) is 29.5 Å². The van der Waals surface area contributed by atoms with Crippen molar-refractivity contribution in [2.75, 3.05) is 0 Å². The maximum absolute atomic E-state index is 13.8. The van der Waals surface area contributed by atoms with Crippen LogP contribution in [0.5, 0.6) is 11.5 Å². The van der Waals surface area contributed by atoms with E-state index in [1.807, 2.05) is 0 Å². The van der Waals surface area contributed by atoms with Gasteiger partial charge in [-0.15, -0.1) is 0 Å². The predicted octanol–water partition coefficient (Wildman–Crippen LogP) is 4.12. The molecule has 0 aliphatic rings. The van der Waals surface area contributed by atoms with Crippen LogP contribution in [0.2, 0.25) is 0 Å². The first-order chi connectivity index (χ1) is 8.97. The number of halogens is 2. The lowest BCUT2D eigenvalue weighted by atomic mass is 10.1. The molecule has 2 aromatic carbocycles. The van der Waals surface area contributed by atoms with Gasteiger partial charge in [0.2, 0.25) is 0 Å². The second-order valence-corrected chi connectivity index (χ2v) is 4.38. The first kappa shape index (κ1) is 13.5. The molecule has 0 radical (unpaired) electrons. The molecule has 2 aromatic rings. The molecular weight excluding hydrogens is 250 g/mol. The van der Waals surface area contributed by atoms with Gasteiger partial charge < -0.3 is 9.84 Å². The third-order valence-corrected chi connectivity index (χ3v) is 2.80. The fourth-order valence-electron chi connectivity index (χ4n) is 1.71. The molecule has 19 heavy (non-hydrogen) atoms. The van der Waals surface area contributed by atoms with Crippen molar-refractivity contribution in [3.63, 3.8) is 0 Å². The summed E-state index contributed by atoms with van der Waals surface area (Å²) in [5.41, 5.74) is 1.06. The molecule has 1 atom stereocenters. The second-order valence-electron chi connectivity index (χ2n) is 4.38. The molecule has 0 heterocycles. The van der Waals surface area contributed by atoms with Crippen molar-refractivity contribution >= 4 is 0 Å². The second kappa shape index (κ2) is 5.36. The van der Waals surface area contributed by atoms with Crippen molar-refractivity contribution in [1.29, 1.82) is 0 Å². The van der Waals surface area contributed by atoms with Crippen molar-refractivity contribution in [3.8, 4) is 11.5 Å². The van der Waals surface area contributed by atoms with E-state index in [9.17, 15) is 13.9 Å². The lowest BCUT2D eigenvalue weighted by Gasteiger charge is -2.11. The average molecular weight is 264 g/mol. The lowest BCUT2D eigenvalue weighted by molar-refractivity contribution is 0.198. The number of hydrogen-bond donors (Lipinski definition) is 1. The van der Waals surface area contributed by atoms with E-state index in [1.54, 1.807) is 19.9 Å². The Morgan fingerprint density at radius 1 is 1.05 bits per heavy atom. The van der Waals surface area contributed by atoms with Crippen LogP contribution in [0.15, 0.2) is 36.4 Å². The zero-order valence-corrected chi connectivity index (χ0v) is 10.7. The van der Waals surface area contributed by atoms with E-state index in [-0.39, 0.29) is 11.6 Å². The van der Waals surface area contributed by atoms with E-state index in [0.29, 0.717) is 16.9 Å². The largest absolute Gasteiger partial charge is 0.454 e. The summed E-state index contributed by atoms with van der Waals surface area (Å²) >= 11 is 0. The summed E-state index contributed by atoms with van der Waals surface area (Å²) in [5.74, 6) is -0.499. The number of benzene rings is 2. The molecule has 0 aromatic heterocycles. The Morgan fingerprint density at radius 2 is 1.74 bits per heavy atom. The predicted molar refractivity (Wildman–Crippen MR) is 68.2 cm³/mol. The van der Waals surface area contributed by atoms with Gasteiger partial charge in [0.1, 0.15) is 11.6 Å². The Kier molecular flexibility index (Phi) is 3.81. The summed E-state index contributed by atoms with van der Waals surface area (Å²) in [6.07, 6.45) is -0.740. The zero-order chi connectivity index (χ0) is 14.0. The van der Waals surface area contributed by atoms with Gasteiger partial charge in [-0.3, -0.25) is 0 Å². The number of aryl methyl sites for hydroxylation is 1. The van der Waals surface area contributed by atoms with Gasteiger partial charge in [-0.2, -0.15) is 0 Å². The molecule has 0 aliphatic heterocycles.